The van der Waals surface area contributed by atoms with E-state index < -0.39 is 0 Å². The van der Waals surface area contributed by atoms with E-state index >= 15 is 0 Å². The van der Waals surface area contributed by atoms with Crippen LogP contribution in [0, 0.1) is 0 Å². The van der Waals surface area contributed by atoms with E-state index in [4.69, 9.17) is 15.2 Å². The summed E-state index contributed by atoms with van der Waals surface area (Å²) in [5.41, 5.74) is 8.52. The molecular formula is C12H18ClNO2. The molecule has 0 saturated heterocycles. The molecule has 0 aliphatic heterocycles. The van der Waals surface area contributed by atoms with Crippen LogP contribution < -0.4 is 15.2 Å². The molecule has 2 N–H and O–H groups in total. The van der Waals surface area contributed by atoms with Crippen LogP contribution in [0.2, 0.25) is 0 Å². The molecular weight excluding hydrogens is 226 g/mol. The highest BCUT2D eigenvalue weighted by Crippen LogP contribution is 2.33. The molecule has 1 aromatic rings. The van der Waals surface area contributed by atoms with Crippen LogP contribution in [0.25, 0.3) is 0 Å². The lowest BCUT2D eigenvalue weighted by atomic mass is 9.88. The molecule has 1 atom stereocenters. The summed E-state index contributed by atoms with van der Waals surface area (Å²) in [6.07, 6.45) is 2.97. The van der Waals surface area contributed by atoms with Crippen molar-refractivity contribution >= 4 is 12.4 Å². The van der Waals surface area contributed by atoms with Gasteiger partial charge in [0.2, 0.25) is 0 Å². The number of nitrogens with two attached hydrogens (primary N) is 1. The van der Waals surface area contributed by atoms with E-state index in [-0.39, 0.29) is 18.4 Å². The zero-order valence-corrected chi connectivity index (χ0v) is 10.5. The lowest BCUT2D eigenvalue weighted by Crippen LogP contribution is -2.28. The monoisotopic (exact) mass is 243 g/mol. The molecule has 0 bridgehead atoms. The first kappa shape index (κ1) is 13.1. The molecule has 3 nitrogen and oxygen atoms in total. The standard InChI is InChI=1S/C12H17NO2.ClH/c1-14-10-5-8-3-4-9(13)6-11(8)12(7-10)15-2;/h5,7,9H,3-4,6,13H2,1-2H3;1H. The van der Waals surface area contributed by atoms with E-state index in [9.17, 15) is 0 Å². The maximum atomic E-state index is 5.96. The molecule has 0 radical (unpaired) electrons. The first-order valence-corrected chi connectivity index (χ1v) is 5.24. The molecule has 16 heavy (non-hydrogen) atoms. The average Bonchev–Trinajstić information content (AvgIpc) is 2.27. The van der Waals surface area contributed by atoms with Gasteiger partial charge in [0.15, 0.2) is 0 Å². The fourth-order valence-corrected chi connectivity index (χ4v) is 2.13. The lowest BCUT2D eigenvalue weighted by Gasteiger charge is -2.24. The Labute approximate surface area is 102 Å². The predicted molar refractivity (Wildman–Crippen MR) is 66.8 cm³/mol. The zero-order valence-electron chi connectivity index (χ0n) is 9.66. The van der Waals surface area contributed by atoms with Crippen LogP contribution in [0.3, 0.4) is 0 Å². The minimum Gasteiger partial charge on any atom is -0.497 e. The first-order valence-electron chi connectivity index (χ1n) is 5.24. The molecule has 0 saturated carbocycles. The van der Waals surface area contributed by atoms with E-state index in [1.807, 2.05) is 6.07 Å². The van der Waals surface area contributed by atoms with E-state index in [1.165, 1.54) is 11.1 Å². The molecule has 0 fully saturated rings. The van der Waals surface area contributed by atoms with Gasteiger partial charge in [-0.05, 0) is 36.5 Å². The molecule has 1 unspecified atom stereocenters. The summed E-state index contributed by atoms with van der Waals surface area (Å²) >= 11 is 0. The van der Waals surface area contributed by atoms with Gasteiger partial charge in [-0.3, -0.25) is 0 Å². The fraction of sp³-hybridized carbons (Fsp3) is 0.500. The molecule has 0 heterocycles. The Bertz CT molecular complexity index is 351. The molecule has 1 aliphatic rings. The van der Waals surface area contributed by atoms with Gasteiger partial charge in [0.05, 0.1) is 14.2 Å². The highest BCUT2D eigenvalue weighted by atomic mass is 35.5. The molecule has 0 amide bonds. The number of aryl methyl sites for hydroxylation is 1. The third kappa shape index (κ3) is 2.42. The Morgan fingerprint density at radius 3 is 2.62 bits per heavy atom. The summed E-state index contributed by atoms with van der Waals surface area (Å²) in [6.45, 7) is 0. The van der Waals surface area contributed by atoms with Crippen LogP contribution in [0.4, 0.5) is 0 Å². The summed E-state index contributed by atoms with van der Waals surface area (Å²) in [4.78, 5) is 0. The fourth-order valence-electron chi connectivity index (χ4n) is 2.13. The SMILES string of the molecule is COc1cc2c(c(OC)c1)CC(N)CC2.Cl. The van der Waals surface area contributed by atoms with Crippen molar-refractivity contribution in [1.29, 1.82) is 0 Å². The van der Waals surface area contributed by atoms with Gasteiger partial charge in [0, 0.05) is 12.1 Å². The van der Waals surface area contributed by atoms with Crippen LogP contribution in [0.1, 0.15) is 17.5 Å². The molecule has 4 heteroatoms. The van der Waals surface area contributed by atoms with Crippen molar-refractivity contribution < 1.29 is 9.47 Å². The lowest BCUT2D eigenvalue weighted by molar-refractivity contribution is 0.385. The van der Waals surface area contributed by atoms with Crippen LogP contribution in [-0.4, -0.2) is 20.3 Å². The minimum absolute atomic E-state index is 0. The number of rotatable bonds is 2. The van der Waals surface area contributed by atoms with E-state index in [0.29, 0.717) is 0 Å². The summed E-state index contributed by atoms with van der Waals surface area (Å²) in [7, 11) is 3.37. The third-order valence-electron chi connectivity index (χ3n) is 2.98. The second-order valence-electron chi connectivity index (χ2n) is 3.97. The van der Waals surface area contributed by atoms with Gasteiger partial charge in [0.25, 0.3) is 0 Å². The molecule has 0 aromatic heterocycles. The number of methoxy groups -OCH3 is 2. The van der Waals surface area contributed by atoms with Crippen molar-refractivity contribution in [1.82, 2.24) is 0 Å². The quantitative estimate of drug-likeness (QED) is 0.864. The van der Waals surface area contributed by atoms with Crippen molar-refractivity contribution in [3.63, 3.8) is 0 Å². The summed E-state index contributed by atoms with van der Waals surface area (Å²) in [5, 5.41) is 0. The maximum absolute atomic E-state index is 5.96. The van der Waals surface area contributed by atoms with Crippen molar-refractivity contribution in [2.75, 3.05) is 14.2 Å². The van der Waals surface area contributed by atoms with Gasteiger partial charge < -0.3 is 15.2 Å². The topological polar surface area (TPSA) is 44.5 Å². The summed E-state index contributed by atoms with van der Waals surface area (Å²) in [5.74, 6) is 1.76. The van der Waals surface area contributed by atoms with Crippen molar-refractivity contribution in [3.05, 3.63) is 23.3 Å². The van der Waals surface area contributed by atoms with Gasteiger partial charge in [-0.25, -0.2) is 0 Å². The van der Waals surface area contributed by atoms with Gasteiger partial charge in [-0.2, -0.15) is 0 Å². The average molecular weight is 244 g/mol. The minimum atomic E-state index is 0. The molecule has 0 spiro atoms. The van der Waals surface area contributed by atoms with Crippen LogP contribution in [-0.2, 0) is 12.8 Å². The number of benzene rings is 1. The Kier molecular flexibility index (Phi) is 4.44. The van der Waals surface area contributed by atoms with Gasteiger partial charge >= 0.3 is 0 Å². The Morgan fingerprint density at radius 2 is 2.00 bits per heavy atom. The van der Waals surface area contributed by atoms with Crippen molar-refractivity contribution in [2.45, 2.75) is 25.3 Å². The predicted octanol–water partition coefficient (Wildman–Crippen LogP) is 1.94. The molecule has 90 valence electrons. The zero-order chi connectivity index (χ0) is 10.8. The maximum Gasteiger partial charge on any atom is 0.126 e. The highest BCUT2D eigenvalue weighted by Gasteiger charge is 2.20. The molecule has 1 aromatic carbocycles. The number of ether oxygens (including phenoxy) is 2. The van der Waals surface area contributed by atoms with E-state index in [0.717, 1.165) is 30.8 Å². The Morgan fingerprint density at radius 1 is 1.25 bits per heavy atom. The number of halogens is 1. The van der Waals surface area contributed by atoms with Gasteiger partial charge in [-0.1, -0.05) is 0 Å². The van der Waals surface area contributed by atoms with Crippen LogP contribution >= 0.6 is 12.4 Å². The smallest absolute Gasteiger partial charge is 0.126 e. The van der Waals surface area contributed by atoms with Crippen LogP contribution in [0.5, 0.6) is 11.5 Å². The number of fused-ring (bicyclic) bond motifs is 1. The van der Waals surface area contributed by atoms with Crippen molar-refractivity contribution in [3.8, 4) is 11.5 Å². The Balaban J connectivity index is 0.00000128. The number of hydrogen-bond donors (Lipinski definition) is 1. The largest absolute Gasteiger partial charge is 0.497 e. The summed E-state index contributed by atoms with van der Waals surface area (Å²) in [6, 6.07) is 4.28. The second-order valence-corrected chi connectivity index (χ2v) is 3.97. The third-order valence-corrected chi connectivity index (χ3v) is 2.98. The highest BCUT2D eigenvalue weighted by molar-refractivity contribution is 5.85. The molecule has 1 aliphatic carbocycles. The normalized spacial score (nSPS) is 18.3. The Hall–Kier alpha value is -0.930. The van der Waals surface area contributed by atoms with E-state index in [1.54, 1.807) is 14.2 Å². The van der Waals surface area contributed by atoms with Gasteiger partial charge in [0.1, 0.15) is 11.5 Å². The first-order chi connectivity index (χ1) is 7.24. The van der Waals surface area contributed by atoms with E-state index in [2.05, 4.69) is 6.07 Å². The molecule has 2 rings (SSSR count). The second kappa shape index (κ2) is 5.41. The van der Waals surface area contributed by atoms with Gasteiger partial charge in [-0.15, -0.1) is 12.4 Å². The van der Waals surface area contributed by atoms with Crippen molar-refractivity contribution in [2.24, 2.45) is 5.73 Å². The summed E-state index contributed by atoms with van der Waals surface area (Å²) < 4.78 is 10.6. The number of hydrogen-bond acceptors (Lipinski definition) is 3. The van der Waals surface area contributed by atoms with Crippen LogP contribution in [0.15, 0.2) is 12.1 Å².